The molecule has 1 aromatic carbocycles. The fourth-order valence-electron chi connectivity index (χ4n) is 1.26. The first kappa shape index (κ1) is 12.2. The number of rotatable bonds is 2. The second kappa shape index (κ2) is 4.92. The molecular formula is C11H10N4O2S. The number of phenols is 1. The summed E-state index contributed by atoms with van der Waals surface area (Å²) in [4.78, 5) is 11.7. The smallest absolute Gasteiger partial charge is 0.296 e. The zero-order valence-electron chi connectivity index (χ0n) is 9.49. The highest BCUT2D eigenvalue weighted by atomic mass is 32.1. The van der Waals surface area contributed by atoms with E-state index in [4.69, 9.17) is 17.3 Å². The molecule has 0 spiro atoms. The monoisotopic (exact) mass is 262 g/mol. The molecule has 0 saturated carbocycles. The predicted molar refractivity (Wildman–Crippen MR) is 69.5 cm³/mol. The molecule has 2 N–H and O–H groups in total. The minimum absolute atomic E-state index is 0.126. The van der Waals surface area contributed by atoms with Gasteiger partial charge in [0.1, 0.15) is 11.4 Å². The molecule has 0 atom stereocenters. The fraction of sp³-hybridized carbons (Fsp3) is 0.0909. The number of benzene rings is 1. The number of aromatic amines is 1. The lowest BCUT2D eigenvalue weighted by molar-refractivity contribution is 0.475. The van der Waals surface area contributed by atoms with Crippen molar-refractivity contribution in [2.24, 2.45) is 5.10 Å². The number of aromatic hydroxyl groups is 1. The van der Waals surface area contributed by atoms with Gasteiger partial charge in [-0.15, -0.1) is 0 Å². The van der Waals surface area contributed by atoms with E-state index in [2.05, 4.69) is 15.3 Å². The van der Waals surface area contributed by atoms with Gasteiger partial charge in [-0.05, 0) is 49.0 Å². The Balaban J connectivity index is 2.41. The van der Waals surface area contributed by atoms with Crippen molar-refractivity contribution in [3.8, 4) is 5.75 Å². The average molecular weight is 262 g/mol. The molecule has 7 heteroatoms. The highest BCUT2D eigenvalue weighted by Crippen LogP contribution is 2.07. The molecule has 6 nitrogen and oxygen atoms in total. The van der Waals surface area contributed by atoms with E-state index in [1.54, 1.807) is 19.1 Å². The molecule has 0 saturated heterocycles. The summed E-state index contributed by atoms with van der Waals surface area (Å²) in [6.45, 7) is 1.57. The molecule has 0 aliphatic heterocycles. The number of hydrogen-bond donors (Lipinski definition) is 2. The zero-order valence-corrected chi connectivity index (χ0v) is 10.3. The van der Waals surface area contributed by atoms with Crippen molar-refractivity contribution in [2.75, 3.05) is 0 Å². The maximum Gasteiger partial charge on any atom is 0.296 e. The van der Waals surface area contributed by atoms with Gasteiger partial charge in [-0.25, -0.2) is 0 Å². The predicted octanol–water partition coefficient (Wildman–Crippen LogP) is 1.20. The lowest BCUT2D eigenvalue weighted by Gasteiger charge is -1.99. The van der Waals surface area contributed by atoms with Gasteiger partial charge in [0.15, 0.2) is 0 Å². The second-order valence-electron chi connectivity index (χ2n) is 3.57. The molecule has 0 amide bonds. The maximum atomic E-state index is 11.7. The van der Waals surface area contributed by atoms with Crippen LogP contribution in [0.25, 0.3) is 0 Å². The van der Waals surface area contributed by atoms with E-state index in [0.29, 0.717) is 0 Å². The minimum Gasteiger partial charge on any atom is -0.508 e. The van der Waals surface area contributed by atoms with Gasteiger partial charge < -0.3 is 5.11 Å². The molecule has 1 heterocycles. The van der Waals surface area contributed by atoms with Crippen molar-refractivity contribution in [2.45, 2.75) is 6.92 Å². The van der Waals surface area contributed by atoms with Crippen LogP contribution in [0.3, 0.4) is 0 Å². The van der Waals surface area contributed by atoms with E-state index < -0.39 is 0 Å². The summed E-state index contributed by atoms with van der Waals surface area (Å²) in [6.07, 6.45) is 1.48. The Bertz CT molecular complexity index is 700. The van der Waals surface area contributed by atoms with E-state index in [1.165, 1.54) is 18.3 Å². The number of aromatic nitrogens is 3. The van der Waals surface area contributed by atoms with Crippen LogP contribution >= 0.6 is 12.2 Å². The van der Waals surface area contributed by atoms with Gasteiger partial charge in [0.05, 0.1) is 6.21 Å². The number of phenolic OH excluding ortho intramolecular Hbond substituents is 1. The van der Waals surface area contributed by atoms with Crippen LogP contribution in [0, 0.1) is 11.7 Å². The fourth-order valence-corrected chi connectivity index (χ4v) is 1.44. The SMILES string of the molecule is Cc1n[nH]c(=S)n(/N=C/c2ccc(O)cc2)c1=O. The van der Waals surface area contributed by atoms with Crippen LogP contribution in [-0.4, -0.2) is 26.2 Å². The van der Waals surface area contributed by atoms with E-state index in [-0.39, 0.29) is 21.8 Å². The lowest BCUT2D eigenvalue weighted by Crippen LogP contribution is -2.22. The summed E-state index contributed by atoms with van der Waals surface area (Å²) < 4.78 is 1.19. The average Bonchev–Trinajstić information content (AvgIpc) is 2.36. The Hall–Kier alpha value is -2.28. The molecular weight excluding hydrogens is 252 g/mol. The number of aryl methyl sites for hydroxylation is 1. The summed E-state index contributed by atoms with van der Waals surface area (Å²) >= 11 is 4.93. The zero-order chi connectivity index (χ0) is 13.1. The van der Waals surface area contributed by atoms with Gasteiger partial charge >= 0.3 is 0 Å². The quantitative estimate of drug-likeness (QED) is 0.629. The van der Waals surface area contributed by atoms with Gasteiger partial charge in [-0.2, -0.15) is 14.9 Å². The summed E-state index contributed by atoms with van der Waals surface area (Å²) in [5.74, 6) is 0.168. The van der Waals surface area contributed by atoms with Crippen molar-refractivity contribution in [1.29, 1.82) is 0 Å². The Morgan fingerprint density at radius 1 is 1.44 bits per heavy atom. The van der Waals surface area contributed by atoms with Gasteiger partial charge in [0.25, 0.3) is 5.56 Å². The van der Waals surface area contributed by atoms with Crippen LogP contribution in [0.2, 0.25) is 0 Å². The van der Waals surface area contributed by atoms with E-state index in [0.717, 1.165) is 10.2 Å². The number of hydrogen-bond acceptors (Lipinski definition) is 5. The maximum absolute atomic E-state index is 11.7. The third-order valence-corrected chi connectivity index (χ3v) is 2.49. The van der Waals surface area contributed by atoms with Crippen molar-refractivity contribution < 1.29 is 5.11 Å². The first-order chi connectivity index (χ1) is 8.58. The van der Waals surface area contributed by atoms with Crippen LogP contribution in [0.15, 0.2) is 34.2 Å². The van der Waals surface area contributed by atoms with Crippen LogP contribution in [0.4, 0.5) is 0 Å². The topological polar surface area (TPSA) is 83.3 Å². The molecule has 92 valence electrons. The molecule has 0 aliphatic carbocycles. The molecule has 2 aromatic rings. The second-order valence-corrected chi connectivity index (χ2v) is 3.95. The van der Waals surface area contributed by atoms with Crippen molar-refractivity contribution in [1.82, 2.24) is 14.9 Å². The van der Waals surface area contributed by atoms with E-state index >= 15 is 0 Å². The standard InChI is InChI=1S/C11H10N4O2S/c1-7-10(17)15(11(18)14-13-7)12-6-8-2-4-9(16)5-3-8/h2-6,16H,1H3,(H,14,18)/b12-6+. The number of H-pyrrole nitrogens is 1. The molecule has 0 unspecified atom stereocenters. The largest absolute Gasteiger partial charge is 0.508 e. The molecule has 2 rings (SSSR count). The summed E-state index contributed by atoms with van der Waals surface area (Å²) in [7, 11) is 0. The molecule has 1 aromatic heterocycles. The first-order valence-corrected chi connectivity index (χ1v) is 5.50. The van der Waals surface area contributed by atoms with Crippen LogP contribution < -0.4 is 5.56 Å². The Morgan fingerprint density at radius 3 is 2.78 bits per heavy atom. The summed E-state index contributed by atoms with van der Waals surface area (Å²) in [6, 6.07) is 6.40. The molecule has 18 heavy (non-hydrogen) atoms. The third kappa shape index (κ3) is 2.51. The molecule has 0 aliphatic rings. The van der Waals surface area contributed by atoms with Crippen LogP contribution in [-0.2, 0) is 0 Å². The number of nitrogens with zero attached hydrogens (tertiary/aromatic N) is 3. The molecule has 0 radical (unpaired) electrons. The Morgan fingerprint density at radius 2 is 2.11 bits per heavy atom. The van der Waals surface area contributed by atoms with Gasteiger partial charge in [0.2, 0.25) is 4.77 Å². The van der Waals surface area contributed by atoms with E-state index in [1.807, 2.05) is 0 Å². The summed E-state index contributed by atoms with van der Waals surface area (Å²) in [5.41, 5.74) is 0.656. The van der Waals surface area contributed by atoms with Gasteiger partial charge in [0, 0.05) is 0 Å². The van der Waals surface area contributed by atoms with Crippen molar-refractivity contribution in [3.05, 3.63) is 50.6 Å². The van der Waals surface area contributed by atoms with Crippen molar-refractivity contribution in [3.63, 3.8) is 0 Å². The third-order valence-electron chi connectivity index (χ3n) is 2.23. The van der Waals surface area contributed by atoms with Crippen molar-refractivity contribution >= 4 is 18.4 Å². The van der Waals surface area contributed by atoms with E-state index in [9.17, 15) is 4.79 Å². The van der Waals surface area contributed by atoms with Crippen LogP contribution in [0.1, 0.15) is 11.3 Å². The molecule has 0 bridgehead atoms. The van der Waals surface area contributed by atoms with Crippen LogP contribution in [0.5, 0.6) is 5.75 Å². The number of nitrogens with one attached hydrogen (secondary N) is 1. The molecule has 0 fully saturated rings. The first-order valence-electron chi connectivity index (χ1n) is 5.09. The van der Waals surface area contributed by atoms with Gasteiger partial charge in [-0.3, -0.25) is 9.89 Å². The lowest BCUT2D eigenvalue weighted by atomic mass is 10.2. The Kier molecular flexibility index (Phi) is 3.33. The van der Waals surface area contributed by atoms with Gasteiger partial charge in [-0.1, -0.05) is 0 Å². The summed E-state index contributed by atoms with van der Waals surface area (Å²) in [5, 5.41) is 19.4. The normalized spacial score (nSPS) is 10.9. The minimum atomic E-state index is -0.367. The Labute approximate surface area is 107 Å². The highest BCUT2D eigenvalue weighted by molar-refractivity contribution is 7.71. The highest BCUT2D eigenvalue weighted by Gasteiger charge is 2.00.